The van der Waals surface area contributed by atoms with Gasteiger partial charge in [-0.25, -0.2) is 0 Å². The molecule has 122 valence electrons. The van der Waals surface area contributed by atoms with E-state index in [1.54, 1.807) is 0 Å². The lowest BCUT2D eigenvalue weighted by atomic mass is 10.0. The molecule has 0 heterocycles. The zero-order valence-electron chi connectivity index (χ0n) is 14.3. The molecule has 2 aromatic carbocycles. The summed E-state index contributed by atoms with van der Waals surface area (Å²) in [6, 6.07) is 9.47. The number of aryl methyl sites for hydroxylation is 4. The third-order valence-corrected chi connectivity index (χ3v) is 4.28. The second-order valence-electron chi connectivity index (χ2n) is 6.09. The lowest BCUT2D eigenvalue weighted by Gasteiger charge is -2.18. The molecule has 0 bridgehead atoms. The summed E-state index contributed by atoms with van der Waals surface area (Å²) in [4.78, 5) is 12.5. The first-order valence-electron chi connectivity index (χ1n) is 7.69. The number of carbonyl (C=O) groups excluding carboxylic acids is 1. The number of anilines is 2. The fourth-order valence-electron chi connectivity index (χ4n) is 2.61. The van der Waals surface area contributed by atoms with E-state index in [0.717, 1.165) is 28.1 Å². The van der Waals surface area contributed by atoms with Crippen LogP contribution in [-0.4, -0.2) is 11.9 Å². The predicted octanol–water partition coefficient (Wildman–Crippen LogP) is 5.01. The molecule has 2 N–H and O–H groups in total. The third kappa shape index (κ3) is 4.26. The summed E-state index contributed by atoms with van der Waals surface area (Å²) >= 11 is 6.12. The Kier molecular flexibility index (Phi) is 5.32. The first kappa shape index (κ1) is 17.4. The average molecular weight is 331 g/mol. The van der Waals surface area contributed by atoms with Gasteiger partial charge in [0.15, 0.2) is 0 Å². The van der Waals surface area contributed by atoms with Crippen LogP contribution in [0.4, 0.5) is 11.4 Å². The molecule has 1 amide bonds. The zero-order valence-corrected chi connectivity index (χ0v) is 15.0. The second kappa shape index (κ2) is 7.05. The van der Waals surface area contributed by atoms with Crippen LogP contribution in [-0.2, 0) is 4.79 Å². The molecule has 0 saturated heterocycles. The van der Waals surface area contributed by atoms with Crippen molar-refractivity contribution >= 4 is 28.9 Å². The molecule has 0 aromatic heterocycles. The van der Waals surface area contributed by atoms with E-state index >= 15 is 0 Å². The summed E-state index contributed by atoms with van der Waals surface area (Å²) in [5.41, 5.74) is 6.07. The quantitative estimate of drug-likeness (QED) is 0.827. The van der Waals surface area contributed by atoms with E-state index in [1.165, 1.54) is 5.56 Å². The average Bonchev–Trinajstić information content (AvgIpc) is 2.46. The first-order valence-corrected chi connectivity index (χ1v) is 8.07. The fourth-order valence-corrected chi connectivity index (χ4v) is 2.79. The van der Waals surface area contributed by atoms with E-state index in [9.17, 15) is 4.79 Å². The van der Waals surface area contributed by atoms with E-state index in [0.29, 0.717) is 5.02 Å². The van der Waals surface area contributed by atoms with Gasteiger partial charge in [0.05, 0.1) is 0 Å². The third-order valence-electron chi connectivity index (χ3n) is 3.87. The van der Waals surface area contributed by atoms with Gasteiger partial charge in [0.1, 0.15) is 6.04 Å². The summed E-state index contributed by atoms with van der Waals surface area (Å²) in [6.45, 7) is 9.85. The smallest absolute Gasteiger partial charge is 0.246 e. The van der Waals surface area contributed by atoms with Gasteiger partial charge in [-0.05, 0) is 63.4 Å². The van der Waals surface area contributed by atoms with Gasteiger partial charge in [0, 0.05) is 16.4 Å². The minimum Gasteiger partial charge on any atom is -0.374 e. The largest absolute Gasteiger partial charge is 0.374 e. The molecule has 0 spiro atoms. The Morgan fingerprint density at radius 1 is 1.00 bits per heavy atom. The summed E-state index contributed by atoms with van der Waals surface area (Å²) < 4.78 is 0. The molecule has 3 nitrogen and oxygen atoms in total. The van der Waals surface area contributed by atoms with Crippen molar-refractivity contribution in [1.29, 1.82) is 0 Å². The van der Waals surface area contributed by atoms with E-state index in [2.05, 4.69) is 29.7 Å². The maximum Gasteiger partial charge on any atom is 0.246 e. The van der Waals surface area contributed by atoms with Crippen LogP contribution in [0.2, 0.25) is 5.02 Å². The number of hydrogen-bond donors (Lipinski definition) is 2. The highest BCUT2D eigenvalue weighted by Crippen LogP contribution is 2.23. The van der Waals surface area contributed by atoms with Crippen LogP contribution < -0.4 is 10.6 Å². The Morgan fingerprint density at radius 3 is 2.17 bits per heavy atom. The number of amides is 1. The SMILES string of the molecule is Cc1cc(C)c(NC(=O)[C@H](C)Nc2ccc(C)c(Cl)c2)c(C)c1. The summed E-state index contributed by atoms with van der Waals surface area (Å²) in [6.07, 6.45) is 0. The van der Waals surface area contributed by atoms with Crippen molar-refractivity contribution in [3.05, 3.63) is 57.6 Å². The van der Waals surface area contributed by atoms with Gasteiger partial charge in [0.2, 0.25) is 5.91 Å². The Balaban J connectivity index is 2.10. The van der Waals surface area contributed by atoms with E-state index < -0.39 is 0 Å². The highest BCUT2D eigenvalue weighted by molar-refractivity contribution is 6.31. The molecule has 0 radical (unpaired) electrons. The van der Waals surface area contributed by atoms with E-state index in [-0.39, 0.29) is 11.9 Å². The van der Waals surface area contributed by atoms with Gasteiger partial charge in [-0.3, -0.25) is 4.79 Å². The first-order chi connectivity index (χ1) is 10.8. The van der Waals surface area contributed by atoms with Crippen molar-refractivity contribution in [2.45, 2.75) is 40.7 Å². The fraction of sp³-hybridized carbons (Fsp3) is 0.316. The monoisotopic (exact) mass is 330 g/mol. The maximum atomic E-state index is 12.5. The van der Waals surface area contributed by atoms with Crippen molar-refractivity contribution in [2.24, 2.45) is 0 Å². The molecule has 0 saturated carbocycles. The van der Waals surface area contributed by atoms with Gasteiger partial charge in [-0.2, -0.15) is 0 Å². The van der Waals surface area contributed by atoms with Gasteiger partial charge in [-0.15, -0.1) is 0 Å². The van der Waals surface area contributed by atoms with Gasteiger partial charge >= 0.3 is 0 Å². The van der Waals surface area contributed by atoms with Crippen LogP contribution in [0.5, 0.6) is 0 Å². The lowest BCUT2D eigenvalue weighted by molar-refractivity contribution is -0.116. The highest BCUT2D eigenvalue weighted by Gasteiger charge is 2.15. The predicted molar refractivity (Wildman–Crippen MR) is 98.6 cm³/mol. The lowest BCUT2D eigenvalue weighted by Crippen LogP contribution is -2.32. The van der Waals surface area contributed by atoms with Crippen LogP contribution in [0.3, 0.4) is 0 Å². The number of carbonyl (C=O) groups is 1. The molecular weight excluding hydrogens is 308 g/mol. The summed E-state index contributed by atoms with van der Waals surface area (Å²) in [7, 11) is 0. The van der Waals surface area contributed by atoms with Gasteiger partial charge in [-0.1, -0.05) is 35.4 Å². The summed E-state index contributed by atoms with van der Waals surface area (Å²) in [5.74, 6) is -0.0725. The topological polar surface area (TPSA) is 41.1 Å². The number of hydrogen-bond acceptors (Lipinski definition) is 2. The minimum atomic E-state index is -0.367. The highest BCUT2D eigenvalue weighted by atomic mass is 35.5. The number of halogens is 1. The van der Waals surface area contributed by atoms with Crippen molar-refractivity contribution in [3.63, 3.8) is 0 Å². The molecule has 1 atom stereocenters. The van der Waals surface area contributed by atoms with Crippen LogP contribution in [0.1, 0.15) is 29.2 Å². The van der Waals surface area contributed by atoms with Gasteiger partial charge in [0.25, 0.3) is 0 Å². The van der Waals surface area contributed by atoms with Crippen LogP contribution in [0.15, 0.2) is 30.3 Å². The molecule has 0 fully saturated rings. The van der Waals surface area contributed by atoms with Crippen molar-refractivity contribution in [3.8, 4) is 0 Å². The molecule has 0 aliphatic rings. The van der Waals surface area contributed by atoms with Gasteiger partial charge < -0.3 is 10.6 Å². The summed E-state index contributed by atoms with van der Waals surface area (Å²) in [5, 5.41) is 6.89. The minimum absolute atomic E-state index is 0.0725. The standard InChI is InChI=1S/C19H23ClN2O/c1-11-8-13(3)18(14(4)9-11)22-19(23)15(5)21-16-7-6-12(2)17(20)10-16/h6-10,15,21H,1-5H3,(H,22,23)/t15-/m0/s1. The van der Waals surface area contributed by atoms with Crippen molar-refractivity contribution < 1.29 is 4.79 Å². The molecule has 2 aromatic rings. The zero-order chi connectivity index (χ0) is 17.1. The Labute approximate surface area is 143 Å². The number of benzene rings is 2. The Morgan fingerprint density at radius 2 is 1.61 bits per heavy atom. The molecule has 0 aliphatic carbocycles. The molecule has 0 aliphatic heterocycles. The molecule has 2 rings (SSSR count). The normalized spacial score (nSPS) is 11.9. The van der Waals surface area contributed by atoms with Crippen molar-refractivity contribution in [1.82, 2.24) is 0 Å². The molecule has 4 heteroatoms. The number of nitrogens with one attached hydrogen (secondary N) is 2. The Bertz CT molecular complexity index is 717. The van der Waals surface area contributed by atoms with Crippen LogP contribution >= 0.6 is 11.6 Å². The van der Waals surface area contributed by atoms with Crippen LogP contribution in [0.25, 0.3) is 0 Å². The second-order valence-corrected chi connectivity index (χ2v) is 6.50. The number of rotatable bonds is 4. The van der Waals surface area contributed by atoms with E-state index in [4.69, 9.17) is 11.6 Å². The Hall–Kier alpha value is -2.00. The van der Waals surface area contributed by atoms with E-state index in [1.807, 2.05) is 45.9 Å². The molecule has 0 unspecified atom stereocenters. The molecule has 23 heavy (non-hydrogen) atoms. The maximum absolute atomic E-state index is 12.5. The molecular formula is C19H23ClN2O. The van der Waals surface area contributed by atoms with Crippen LogP contribution in [0, 0.1) is 27.7 Å². The van der Waals surface area contributed by atoms with Crippen molar-refractivity contribution in [2.75, 3.05) is 10.6 Å².